The molecule has 1 saturated carbocycles. The highest BCUT2D eigenvalue weighted by molar-refractivity contribution is 5.76. The smallest absolute Gasteiger partial charge is 0.220 e. The molecule has 0 bridgehead atoms. The molecule has 2 fully saturated rings. The van der Waals surface area contributed by atoms with Crippen LogP contribution in [0.3, 0.4) is 0 Å². The molecular weight excluding hydrogens is 236 g/mol. The highest BCUT2D eigenvalue weighted by Crippen LogP contribution is 2.25. The van der Waals surface area contributed by atoms with Crippen LogP contribution in [0.15, 0.2) is 0 Å². The van der Waals surface area contributed by atoms with Gasteiger partial charge in [-0.05, 0) is 57.5 Å². The van der Waals surface area contributed by atoms with Crippen LogP contribution in [0, 0.1) is 11.8 Å². The topological polar surface area (TPSA) is 41.1 Å². The number of rotatable bonds is 4. The van der Waals surface area contributed by atoms with Crippen LogP contribution < -0.4 is 10.6 Å². The lowest BCUT2D eigenvalue weighted by Gasteiger charge is -2.26. The zero-order valence-corrected chi connectivity index (χ0v) is 12.4. The van der Waals surface area contributed by atoms with E-state index in [1.165, 1.54) is 38.5 Å². The summed E-state index contributed by atoms with van der Waals surface area (Å²) in [4.78, 5) is 12.1. The first-order valence-corrected chi connectivity index (χ1v) is 8.26. The number of amides is 1. The lowest BCUT2D eigenvalue weighted by Crippen LogP contribution is -2.39. The second-order valence-electron chi connectivity index (χ2n) is 6.51. The molecule has 2 rings (SSSR count). The van der Waals surface area contributed by atoms with Gasteiger partial charge in [0.2, 0.25) is 5.91 Å². The predicted octanol–water partition coefficient (Wildman–Crippen LogP) is 2.85. The third-order valence-corrected chi connectivity index (χ3v) is 4.93. The van der Waals surface area contributed by atoms with Gasteiger partial charge < -0.3 is 10.6 Å². The molecule has 0 aromatic carbocycles. The van der Waals surface area contributed by atoms with Crippen LogP contribution in [0.25, 0.3) is 0 Å². The minimum absolute atomic E-state index is 0.281. The molecule has 3 nitrogen and oxygen atoms in total. The van der Waals surface area contributed by atoms with Gasteiger partial charge in [0.25, 0.3) is 0 Å². The van der Waals surface area contributed by atoms with Gasteiger partial charge >= 0.3 is 0 Å². The number of nitrogens with one attached hydrogen (secondary N) is 2. The summed E-state index contributed by atoms with van der Waals surface area (Å²) in [7, 11) is 0. The fourth-order valence-electron chi connectivity index (χ4n) is 3.59. The van der Waals surface area contributed by atoms with Crippen molar-refractivity contribution in [1.82, 2.24) is 10.6 Å². The van der Waals surface area contributed by atoms with Gasteiger partial charge in [-0.15, -0.1) is 0 Å². The summed E-state index contributed by atoms with van der Waals surface area (Å²) in [5.41, 5.74) is 0. The second kappa shape index (κ2) is 7.88. The van der Waals surface area contributed by atoms with Crippen LogP contribution >= 0.6 is 0 Å². The van der Waals surface area contributed by atoms with Crippen LogP contribution in [0.5, 0.6) is 0 Å². The lowest BCUT2D eigenvalue weighted by molar-refractivity contribution is -0.123. The first-order chi connectivity index (χ1) is 9.25. The summed E-state index contributed by atoms with van der Waals surface area (Å²) in [6.07, 6.45) is 11.1. The van der Waals surface area contributed by atoms with E-state index in [0.717, 1.165) is 32.4 Å². The van der Waals surface area contributed by atoms with E-state index in [9.17, 15) is 4.79 Å². The van der Waals surface area contributed by atoms with Gasteiger partial charge in [-0.2, -0.15) is 0 Å². The first-order valence-electron chi connectivity index (χ1n) is 8.26. The molecule has 0 radical (unpaired) electrons. The Kier molecular flexibility index (Phi) is 6.15. The molecule has 1 amide bonds. The van der Waals surface area contributed by atoms with Gasteiger partial charge in [0, 0.05) is 12.5 Å². The van der Waals surface area contributed by atoms with Crippen molar-refractivity contribution in [1.29, 1.82) is 0 Å². The van der Waals surface area contributed by atoms with Gasteiger partial charge in [0.1, 0.15) is 0 Å². The Morgan fingerprint density at radius 2 is 1.74 bits per heavy atom. The lowest BCUT2D eigenvalue weighted by atomic mass is 9.91. The third kappa shape index (κ3) is 5.13. The number of piperidine rings is 1. The summed E-state index contributed by atoms with van der Waals surface area (Å²) in [5, 5.41) is 6.62. The number of hydrogen-bond acceptors (Lipinski definition) is 2. The maximum absolute atomic E-state index is 12.1. The van der Waals surface area contributed by atoms with Gasteiger partial charge in [-0.25, -0.2) is 0 Å². The SMILES string of the molecule is C[C@@H](NC(=O)CC1CCNCC1)C1CCCCCC1. The monoisotopic (exact) mass is 266 g/mol. The van der Waals surface area contributed by atoms with E-state index in [2.05, 4.69) is 17.6 Å². The molecule has 110 valence electrons. The molecule has 3 heteroatoms. The van der Waals surface area contributed by atoms with E-state index in [0.29, 0.717) is 17.9 Å². The van der Waals surface area contributed by atoms with E-state index < -0.39 is 0 Å². The molecule has 1 saturated heterocycles. The average molecular weight is 266 g/mol. The quantitative estimate of drug-likeness (QED) is 0.768. The van der Waals surface area contributed by atoms with Crippen molar-refractivity contribution in [2.45, 2.75) is 70.8 Å². The van der Waals surface area contributed by atoms with Crippen LogP contribution in [-0.4, -0.2) is 25.0 Å². The molecule has 0 spiro atoms. The Bertz CT molecular complexity index is 266. The van der Waals surface area contributed by atoms with E-state index in [1.54, 1.807) is 0 Å². The largest absolute Gasteiger partial charge is 0.353 e. The minimum Gasteiger partial charge on any atom is -0.353 e. The van der Waals surface area contributed by atoms with Crippen molar-refractivity contribution in [2.75, 3.05) is 13.1 Å². The average Bonchev–Trinajstić information content (AvgIpc) is 2.68. The Hall–Kier alpha value is -0.570. The molecular formula is C16H30N2O. The maximum Gasteiger partial charge on any atom is 0.220 e. The molecule has 1 heterocycles. The van der Waals surface area contributed by atoms with Crippen molar-refractivity contribution < 1.29 is 4.79 Å². The summed E-state index contributed by atoms with van der Waals surface area (Å²) < 4.78 is 0. The molecule has 1 aliphatic carbocycles. The summed E-state index contributed by atoms with van der Waals surface area (Å²) in [5.74, 6) is 1.59. The van der Waals surface area contributed by atoms with Crippen molar-refractivity contribution in [2.24, 2.45) is 11.8 Å². The standard InChI is InChI=1S/C16H30N2O/c1-13(15-6-4-2-3-5-7-15)18-16(19)12-14-8-10-17-11-9-14/h13-15,17H,2-12H2,1H3,(H,18,19)/t13-/m1/s1. The van der Waals surface area contributed by atoms with Gasteiger partial charge in [-0.3, -0.25) is 4.79 Å². The molecule has 0 unspecified atom stereocenters. The normalized spacial score (nSPS) is 24.7. The Morgan fingerprint density at radius 3 is 2.37 bits per heavy atom. The van der Waals surface area contributed by atoms with Crippen molar-refractivity contribution in [3.8, 4) is 0 Å². The highest BCUT2D eigenvalue weighted by Gasteiger charge is 2.22. The number of hydrogen-bond donors (Lipinski definition) is 2. The minimum atomic E-state index is 0.281. The Labute approximate surface area is 117 Å². The van der Waals surface area contributed by atoms with E-state index >= 15 is 0 Å². The molecule has 19 heavy (non-hydrogen) atoms. The predicted molar refractivity (Wildman–Crippen MR) is 79.0 cm³/mol. The van der Waals surface area contributed by atoms with E-state index in [-0.39, 0.29) is 5.91 Å². The fourth-order valence-corrected chi connectivity index (χ4v) is 3.59. The molecule has 1 atom stereocenters. The fraction of sp³-hybridized carbons (Fsp3) is 0.938. The summed E-state index contributed by atoms with van der Waals surface area (Å²) in [6, 6.07) is 0.368. The van der Waals surface area contributed by atoms with E-state index in [1.807, 2.05) is 0 Å². The molecule has 0 aromatic heterocycles. The van der Waals surface area contributed by atoms with Crippen molar-refractivity contribution in [3.05, 3.63) is 0 Å². The zero-order valence-electron chi connectivity index (χ0n) is 12.4. The van der Waals surface area contributed by atoms with Crippen LogP contribution in [-0.2, 0) is 4.79 Å². The molecule has 0 aromatic rings. The molecule has 2 aliphatic rings. The van der Waals surface area contributed by atoms with Gasteiger partial charge in [-0.1, -0.05) is 25.7 Å². The van der Waals surface area contributed by atoms with Crippen LogP contribution in [0.1, 0.15) is 64.7 Å². The summed E-state index contributed by atoms with van der Waals surface area (Å²) >= 11 is 0. The second-order valence-corrected chi connectivity index (χ2v) is 6.51. The van der Waals surface area contributed by atoms with Crippen LogP contribution in [0.2, 0.25) is 0 Å². The summed E-state index contributed by atoms with van der Waals surface area (Å²) in [6.45, 7) is 4.36. The first kappa shape index (κ1) is 14.8. The highest BCUT2D eigenvalue weighted by atomic mass is 16.1. The van der Waals surface area contributed by atoms with Crippen molar-refractivity contribution in [3.63, 3.8) is 0 Å². The van der Waals surface area contributed by atoms with Gasteiger partial charge in [0.05, 0.1) is 0 Å². The van der Waals surface area contributed by atoms with Crippen molar-refractivity contribution >= 4 is 5.91 Å². The van der Waals surface area contributed by atoms with Crippen LogP contribution in [0.4, 0.5) is 0 Å². The Morgan fingerprint density at radius 1 is 1.11 bits per heavy atom. The number of carbonyl (C=O) groups is 1. The Balaban J connectivity index is 1.70. The van der Waals surface area contributed by atoms with Gasteiger partial charge in [0.15, 0.2) is 0 Å². The van der Waals surface area contributed by atoms with E-state index in [4.69, 9.17) is 0 Å². The molecule has 2 N–H and O–H groups in total. The third-order valence-electron chi connectivity index (χ3n) is 4.93. The number of carbonyl (C=O) groups excluding carboxylic acids is 1. The molecule has 1 aliphatic heterocycles. The maximum atomic E-state index is 12.1. The zero-order chi connectivity index (χ0) is 13.5.